The molecule has 1 N–H and O–H groups in total. The van der Waals surface area contributed by atoms with Crippen LogP contribution in [0.15, 0.2) is 28.9 Å². The maximum atomic E-state index is 3.59. The highest BCUT2D eigenvalue weighted by atomic mass is 79.9. The van der Waals surface area contributed by atoms with Crippen LogP contribution in [0.3, 0.4) is 0 Å². The average Bonchev–Trinajstić information content (AvgIpc) is 2.50. The van der Waals surface area contributed by atoms with Gasteiger partial charge in [-0.3, -0.25) is 0 Å². The molecule has 0 saturated heterocycles. The predicted octanol–water partition coefficient (Wildman–Crippen LogP) is 3.03. The second-order valence-corrected chi connectivity index (χ2v) is 4.81. The first-order valence-electron chi connectivity index (χ1n) is 5.08. The molecule has 2 rings (SSSR count). The number of hydrogen-bond acceptors (Lipinski definition) is 1. The van der Waals surface area contributed by atoms with E-state index in [1.165, 1.54) is 16.5 Å². The quantitative estimate of drug-likeness (QED) is 0.905. The summed E-state index contributed by atoms with van der Waals surface area (Å²) in [7, 11) is 4.20. The molecule has 0 atom stereocenters. The lowest BCUT2D eigenvalue weighted by atomic mass is 10.1. The van der Waals surface area contributed by atoms with Crippen LogP contribution in [0.4, 0.5) is 0 Å². The zero-order chi connectivity index (χ0) is 10.8. The number of nitrogens with one attached hydrogen (secondary N) is 1. The highest BCUT2D eigenvalue weighted by molar-refractivity contribution is 9.10. The molecule has 0 saturated carbocycles. The first kappa shape index (κ1) is 10.7. The van der Waals surface area contributed by atoms with E-state index in [2.05, 4.69) is 64.2 Å². The van der Waals surface area contributed by atoms with Crippen LogP contribution in [0, 0.1) is 0 Å². The summed E-state index contributed by atoms with van der Waals surface area (Å²) in [6.07, 6.45) is 1.07. The molecule has 2 aromatic rings. The van der Waals surface area contributed by atoms with Crippen molar-refractivity contribution in [2.45, 2.75) is 6.42 Å². The van der Waals surface area contributed by atoms with Crippen molar-refractivity contribution < 1.29 is 0 Å². The molecule has 1 heterocycles. The molecule has 0 aliphatic rings. The summed E-state index contributed by atoms with van der Waals surface area (Å²) in [6, 6.07) is 8.42. The Kier molecular flexibility index (Phi) is 3.12. The highest BCUT2D eigenvalue weighted by Crippen LogP contribution is 2.26. The van der Waals surface area contributed by atoms with E-state index in [0.717, 1.165) is 17.6 Å². The number of hydrogen-bond donors (Lipinski definition) is 1. The Bertz CT molecular complexity index is 460. The summed E-state index contributed by atoms with van der Waals surface area (Å²) in [4.78, 5) is 5.55. The molecule has 0 aliphatic carbocycles. The first-order chi connectivity index (χ1) is 7.18. The molecule has 0 spiro atoms. The number of aromatic nitrogens is 1. The lowest BCUT2D eigenvalue weighted by Gasteiger charge is -2.08. The minimum Gasteiger partial charge on any atom is -0.349 e. The third-order valence-electron chi connectivity index (χ3n) is 2.57. The number of para-hydroxylation sites is 1. The van der Waals surface area contributed by atoms with Gasteiger partial charge in [-0.1, -0.05) is 18.2 Å². The number of halogens is 1. The lowest BCUT2D eigenvalue weighted by Crippen LogP contribution is -2.15. The number of nitrogens with zero attached hydrogens (tertiary/aromatic N) is 1. The number of benzene rings is 1. The van der Waals surface area contributed by atoms with Gasteiger partial charge in [-0.15, -0.1) is 0 Å². The standard InChI is InChI=1S/C12H15BrN2/c1-15(2)8-7-10-9-5-3-4-6-11(9)14-12(10)13/h3-6,14H,7-8H2,1-2H3. The fraction of sp³-hybridized carbons (Fsp3) is 0.333. The molecule has 2 nitrogen and oxygen atoms in total. The maximum absolute atomic E-state index is 3.59. The van der Waals surface area contributed by atoms with Crippen molar-refractivity contribution in [3.05, 3.63) is 34.4 Å². The number of likely N-dealkylation sites (N-methyl/N-ethyl adjacent to an activating group) is 1. The molecule has 0 amide bonds. The van der Waals surface area contributed by atoms with E-state index in [1.807, 2.05) is 0 Å². The van der Waals surface area contributed by atoms with Gasteiger partial charge in [0.05, 0.1) is 4.60 Å². The van der Waals surface area contributed by atoms with E-state index in [-0.39, 0.29) is 0 Å². The van der Waals surface area contributed by atoms with Gasteiger partial charge in [0, 0.05) is 17.4 Å². The van der Waals surface area contributed by atoms with Crippen LogP contribution >= 0.6 is 15.9 Å². The average molecular weight is 267 g/mol. The Morgan fingerprint density at radius 1 is 1.27 bits per heavy atom. The fourth-order valence-corrected chi connectivity index (χ4v) is 2.37. The van der Waals surface area contributed by atoms with Crippen LogP contribution in [0.1, 0.15) is 5.56 Å². The van der Waals surface area contributed by atoms with E-state index >= 15 is 0 Å². The smallest absolute Gasteiger partial charge is 0.0863 e. The summed E-state index contributed by atoms with van der Waals surface area (Å²) in [5.41, 5.74) is 2.58. The van der Waals surface area contributed by atoms with Gasteiger partial charge in [-0.05, 0) is 48.1 Å². The molecule has 0 unspecified atom stereocenters. The third-order valence-corrected chi connectivity index (χ3v) is 3.25. The minimum atomic E-state index is 1.07. The molecule has 15 heavy (non-hydrogen) atoms. The number of rotatable bonds is 3. The molecule has 0 fully saturated rings. The second kappa shape index (κ2) is 4.37. The van der Waals surface area contributed by atoms with Gasteiger partial charge in [0.25, 0.3) is 0 Å². The number of fused-ring (bicyclic) bond motifs is 1. The van der Waals surface area contributed by atoms with Gasteiger partial charge in [-0.25, -0.2) is 0 Å². The molecule has 80 valence electrons. The zero-order valence-electron chi connectivity index (χ0n) is 9.05. The molecular weight excluding hydrogens is 252 g/mol. The van der Waals surface area contributed by atoms with Gasteiger partial charge in [0.15, 0.2) is 0 Å². The van der Waals surface area contributed by atoms with E-state index in [1.54, 1.807) is 0 Å². The molecule has 3 heteroatoms. The Morgan fingerprint density at radius 3 is 2.73 bits per heavy atom. The number of H-pyrrole nitrogens is 1. The molecule has 0 bridgehead atoms. The van der Waals surface area contributed by atoms with E-state index in [4.69, 9.17) is 0 Å². The van der Waals surface area contributed by atoms with Crippen molar-refractivity contribution in [3.63, 3.8) is 0 Å². The molecule has 0 aliphatic heterocycles. The lowest BCUT2D eigenvalue weighted by molar-refractivity contribution is 0.414. The van der Waals surface area contributed by atoms with Gasteiger partial charge >= 0.3 is 0 Å². The summed E-state index contributed by atoms with van der Waals surface area (Å²) in [5, 5.41) is 1.33. The van der Waals surface area contributed by atoms with Crippen LogP contribution in [-0.4, -0.2) is 30.5 Å². The summed E-state index contributed by atoms with van der Waals surface area (Å²) < 4.78 is 1.12. The van der Waals surface area contributed by atoms with Crippen molar-refractivity contribution in [3.8, 4) is 0 Å². The van der Waals surface area contributed by atoms with Gasteiger partial charge in [0.1, 0.15) is 0 Å². The largest absolute Gasteiger partial charge is 0.349 e. The molecule has 1 aromatic carbocycles. The second-order valence-electron chi connectivity index (χ2n) is 4.02. The normalized spacial score (nSPS) is 11.5. The van der Waals surface area contributed by atoms with E-state index in [0.29, 0.717) is 0 Å². The van der Waals surface area contributed by atoms with Crippen LogP contribution in [0.2, 0.25) is 0 Å². The van der Waals surface area contributed by atoms with Crippen LogP contribution < -0.4 is 0 Å². The summed E-state index contributed by atoms with van der Waals surface area (Å²) in [5.74, 6) is 0. The zero-order valence-corrected chi connectivity index (χ0v) is 10.6. The Balaban J connectivity index is 2.36. The van der Waals surface area contributed by atoms with E-state index < -0.39 is 0 Å². The van der Waals surface area contributed by atoms with Crippen molar-refractivity contribution in [1.82, 2.24) is 9.88 Å². The first-order valence-corrected chi connectivity index (χ1v) is 5.87. The SMILES string of the molecule is CN(C)CCc1c(Br)[nH]c2ccccc12. The maximum Gasteiger partial charge on any atom is 0.0863 e. The van der Waals surface area contributed by atoms with Gasteiger partial charge in [-0.2, -0.15) is 0 Å². The van der Waals surface area contributed by atoms with Crippen molar-refractivity contribution in [2.75, 3.05) is 20.6 Å². The van der Waals surface area contributed by atoms with E-state index in [9.17, 15) is 0 Å². The molecular formula is C12H15BrN2. The van der Waals surface area contributed by atoms with Crippen molar-refractivity contribution in [1.29, 1.82) is 0 Å². The topological polar surface area (TPSA) is 19.0 Å². The molecule has 1 aromatic heterocycles. The van der Waals surface area contributed by atoms with Crippen LogP contribution in [-0.2, 0) is 6.42 Å². The van der Waals surface area contributed by atoms with Crippen molar-refractivity contribution >= 4 is 26.8 Å². The van der Waals surface area contributed by atoms with Crippen LogP contribution in [0.5, 0.6) is 0 Å². The predicted molar refractivity (Wildman–Crippen MR) is 68.3 cm³/mol. The van der Waals surface area contributed by atoms with Crippen molar-refractivity contribution in [2.24, 2.45) is 0 Å². The highest BCUT2D eigenvalue weighted by Gasteiger charge is 2.08. The minimum absolute atomic E-state index is 1.07. The summed E-state index contributed by atoms with van der Waals surface area (Å²) >= 11 is 3.59. The number of aromatic amines is 1. The fourth-order valence-electron chi connectivity index (χ4n) is 1.75. The van der Waals surface area contributed by atoms with Crippen LogP contribution in [0.25, 0.3) is 10.9 Å². The Labute approximate surface area is 98.4 Å². The Hall–Kier alpha value is -0.800. The molecule has 0 radical (unpaired) electrons. The monoisotopic (exact) mass is 266 g/mol. The summed E-state index contributed by atoms with van der Waals surface area (Å²) in [6.45, 7) is 1.07. The Morgan fingerprint density at radius 2 is 2.00 bits per heavy atom. The van der Waals surface area contributed by atoms with Gasteiger partial charge < -0.3 is 9.88 Å². The van der Waals surface area contributed by atoms with Gasteiger partial charge in [0.2, 0.25) is 0 Å². The third kappa shape index (κ3) is 2.24.